The average Bonchev–Trinajstić information content (AvgIpc) is 2.81. The lowest BCUT2D eigenvalue weighted by atomic mass is 10.1. The van der Waals surface area contributed by atoms with Gasteiger partial charge in [-0.25, -0.2) is 14.5 Å². The SMILES string of the molecule is CCOC(=O)COc1ccc(/C=C2/C(=O)NC(=O)N(c3ccc(CC)cc3)C2=O)cc1OC. The lowest BCUT2D eigenvalue weighted by Crippen LogP contribution is -2.54. The summed E-state index contributed by atoms with van der Waals surface area (Å²) in [6.45, 7) is 3.64. The molecule has 3 rings (SSSR count). The molecule has 0 unspecified atom stereocenters. The summed E-state index contributed by atoms with van der Waals surface area (Å²) in [5.74, 6) is -1.48. The number of rotatable bonds is 8. The Kier molecular flexibility index (Phi) is 7.45. The van der Waals surface area contributed by atoms with Crippen molar-refractivity contribution < 1.29 is 33.4 Å². The number of hydrogen-bond donors (Lipinski definition) is 1. The number of urea groups is 1. The molecule has 9 heteroatoms. The number of imide groups is 2. The van der Waals surface area contributed by atoms with E-state index in [-0.39, 0.29) is 18.8 Å². The van der Waals surface area contributed by atoms with E-state index in [4.69, 9.17) is 14.2 Å². The van der Waals surface area contributed by atoms with Crippen LogP contribution in [-0.4, -0.2) is 44.1 Å². The van der Waals surface area contributed by atoms with Gasteiger partial charge in [-0.3, -0.25) is 14.9 Å². The standard InChI is InChI=1S/C24H24N2O7/c1-4-15-6-9-17(10-7-15)26-23(29)18(22(28)25-24(26)30)12-16-8-11-19(20(13-16)31-3)33-14-21(27)32-5-2/h6-13H,4-5,14H2,1-3H3,(H,25,28,30)/b18-12-. The quantitative estimate of drug-likeness (QED) is 0.372. The summed E-state index contributed by atoms with van der Waals surface area (Å²) >= 11 is 0. The molecule has 1 saturated heterocycles. The predicted molar refractivity (Wildman–Crippen MR) is 120 cm³/mol. The summed E-state index contributed by atoms with van der Waals surface area (Å²) in [4.78, 5) is 50.2. The van der Waals surface area contributed by atoms with Crippen LogP contribution in [0.15, 0.2) is 48.0 Å². The van der Waals surface area contributed by atoms with Crippen LogP contribution in [-0.2, 0) is 25.5 Å². The van der Waals surface area contributed by atoms with Gasteiger partial charge in [0.2, 0.25) is 0 Å². The Balaban J connectivity index is 1.87. The molecule has 1 aliphatic heterocycles. The smallest absolute Gasteiger partial charge is 0.344 e. The van der Waals surface area contributed by atoms with E-state index in [1.165, 1.54) is 13.2 Å². The number of nitrogens with zero attached hydrogens (tertiary/aromatic N) is 1. The van der Waals surface area contributed by atoms with Gasteiger partial charge in [0, 0.05) is 0 Å². The first-order chi connectivity index (χ1) is 15.9. The molecule has 0 saturated carbocycles. The van der Waals surface area contributed by atoms with E-state index < -0.39 is 23.8 Å². The van der Waals surface area contributed by atoms with Gasteiger partial charge in [-0.15, -0.1) is 0 Å². The van der Waals surface area contributed by atoms with Crippen molar-refractivity contribution in [3.05, 3.63) is 59.2 Å². The highest BCUT2D eigenvalue weighted by Crippen LogP contribution is 2.30. The minimum Gasteiger partial charge on any atom is -0.493 e. The number of esters is 1. The van der Waals surface area contributed by atoms with Gasteiger partial charge in [0.25, 0.3) is 11.8 Å². The maximum Gasteiger partial charge on any atom is 0.344 e. The number of nitrogens with one attached hydrogen (secondary N) is 1. The Morgan fingerprint density at radius 3 is 2.39 bits per heavy atom. The number of carbonyl (C=O) groups excluding carboxylic acids is 4. The minimum atomic E-state index is -0.813. The molecule has 0 aromatic heterocycles. The summed E-state index contributed by atoms with van der Waals surface area (Å²) < 4.78 is 15.5. The van der Waals surface area contributed by atoms with Gasteiger partial charge in [-0.2, -0.15) is 0 Å². The van der Waals surface area contributed by atoms with Crippen LogP contribution in [0.5, 0.6) is 11.5 Å². The number of anilines is 1. The van der Waals surface area contributed by atoms with E-state index in [0.29, 0.717) is 22.7 Å². The summed E-state index contributed by atoms with van der Waals surface area (Å²) in [6, 6.07) is 10.8. The molecule has 0 atom stereocenters. The Morgan fingerprint density at radius 1 is 1.03 bits per heavy atom. The number of hydrogen-bond acceptors (Lipinski definition) is 7. The van der Waals surface area contributed by atoms with Crippen LogP contribution in [0.2, 0.25) is 0 Å². The van der Waals surface area contributed by atoms with E-state index in [9.17, 15) is 19.2 Å². The first kappa shape index (κ1) is 23.5. The van der Waals surface area contributed by atoms with Gasteiger partial charge in [-0.1, -0.05) is 25.1 Å². The minimum absolute atomic E-state index is 0.212. The second-order valence-electron chi connectivity index (χ2n) is 6.98. The second-order valence-corrected chi connectivity index (χ2v) is 6.98. The molecule has 2 aromatic rings. The van der Waals surface area contributed by atoms with Crippen molar-refractivity contribution in [1.82, 2.24) is 5.32 Å². The summed E-state index contributed by atoms with van der Waals surface area (Å²) in [7, 11) is 1.42. The maximum absolute atomic E-state index is 13.0. The van der Waals surface area contributed by atoms with Gasteiger partial charge >= 0.3 is 12.0 Å². The van der Waals surface area contributed by atoms with E-state index >= 15 is 0 Å². The van der Waals surface area contributed by atoms with Crippen LogP contribution in [0, 0.1) is 0 Å². The molecule has 0 aliphatic carbocycles. The van der Waals surface area contributed by atoms with Crippen molar-refractivity contribution >= 4 is 35.6 Å². The molecule has 0 spiro atoms. The van der Waals surface area contributed by atoms with E-state index in [1.807, 2.05) is 19.1 Å². The van der Waals surface area contributed by atoms with Crippen molar-refractivity contribution in [1.29, 1.82) is 0 Å². The van der Waals surface area contributed by atoms with E-state index in [0.717, 1.165) is 16.9 Å². The van der Waals surface area contributed by atoms with Gasteiger partial charge in [0.05, 0.1) is 19.4 Å². The molecule has 1 fully saturated rings. The largest absolute Gasteiger partial charge is 0.493 e. The van der Waals surface area contributed by atoms with E-state index in [1.54, 1.807) is 37.3 Å². The number of amides is 4. The maximum atomic E-state index is 13.0. The number of benzene rings is 2. The Morgan fingerprint density at radius 2 is 1.76 bits per heavy atom. The lowest BCUT2D eigenvalue weighted by Gasteiger charge is -2.26. The van der Waals surface area contributed by atoms with Crippen molar-refractivity contribution in [2.24, 2.45) is 0 Å². The van der Waals surface area contributed by atoms with Crippen molar-refractivity contribution in [2.45, 2.75) is 20.3 Å². The molecule has 1 aliphatic rings. The van der Waals surface area contributed by atoms with Crippen LogP contribution in [0.4, 0.5) is 10.5 Å². The van der Waals surface area contributed by atoms with Crippen molar-refractivity contribution in [2.75, 3.05) is 25.2 Å². The third kappa shape index (κ3) is 5.38. The third-order valence-electron chi connectivity index (χ3n) is 4.85. The Bertz CT molecular complexity index is 1110. The number of barbiturate groups is 1. The monoisotopic (exact) mass is 452 g/mol. The zero-order chi connectivity index (χ0) is 24.0. The molecule has 172 valence electrons. The zero-order valence-electron chi connectivity index (χ0n) is 18.5. The molecule has 33 heavy (non-hydrogen) atoms. The van der Waals surface area contributed by atoms with E-state index in [2.05, 4.69) is 5.32 Å². The van der Waals surface area contributed by atoms with Crippen LogP contribution < -0.4 is 19.7 Å². The summed E-state index contributed by atoms with van der Waals surface area (Å²) in [5, 5.41) is 2.19. The highest BCUT2D eigenvalue weighted by Gasteiger charge is 2.36. The van der Waals surface area contributed by atoms with Crippen molar-refractivity contribution in [3.63, 3.8) is 0 Å². The fourth-order valence-corrected chi connectivity index (χ4v) is 3.17. The molecular weight excluding hydrogens is 428 g/mol. The highest BCUT2D eigenvalue weighted by molar-refractivity contribution is 6.39. The van der Waals surface area contributed by atoms with Gasteiger partial charge < -0.3 is 14.2 Å². The topological polar surface area (TPSA) is 111 Å². The first-order valence-electron chi connectivity index (χ1n) is 10.3. The fourth-order valence-electron chi connectivity index (χ4n) is 3.17. The molecule has 0 bridgehead atoms. The molecule has 0 radical (unpaired) electrons. The average molecular weight is 452 g/mol. The summed E-state index contributed by atoms with van der Waals surface area (Å²) in [6.07, 6.45) is 2.17. The highest BCUT2D eigenvalue weighted by atomic mass is 16.6. The molecule has 1 heterocycles. The summed E-state index contributed by atoms with van der Waals surface area (Å²) in [5.41, 5.74) is 1.65. The third-order valence-corrected chi connectivity index (χ3v) is 4.85. The second kappa shape index (κ2) is 10.4. The first-order valence-corrected chi connectivity index (χ1v) is 10.3. The number of carbonyl (C=O) groups is 4. The van der Waals surface area contributed by atoms with Crippen LogP contribution in [0.25, 0.3) is 6.08 Å². The molecular formula is C24H24N2O7. The Hall–Kier alpha value is -4.14. The molecule has 9 nitrogen and oxygen atoms in total. The zero-order valence-corrected chi connectivity index (χ0v) is 18.5. The number of methoxy groups -OCH3 is 1. The molecule has 1 N–H and O–H groups in total. The Labute approximate surface area is 190 Å². The van der Waals surface area contributed by atoms with Crippen LogP contribution >= 0.6 is 0 Å². The number of aryl methyl sites for hydroxylation is 1. The van der Waals surface area contributed by atoms with Crippen LogP contribution in [0.3, 0.4) is 0 Å². The van der Waals surface area contributed by atoms with Crippen LogP contribution in [0.1, 0.15) is 25.0 Å². The van der Waals surface area contributed by atoms with Gasteiger partial charge in [-0.05, 0) is 54.8 Å². The predicted octanol–water partition coefficient (Wildman–Crippen LogP) is 2.87. The van der Waals surface area contributed by atoms with Gasteiger partial charge in [0.15, 0.2) is 18.1 Å². The lowest BCUT2D eigenvalue weighted by molar-refractivity contribution is -0.145. The number of ether oxygens (including phenoxy) is 3. The van der Waals surface area contributed by atoms with Gasteiger partial charge in [0.1, 0.15) is 5.57 Å². The molecule has 4 amide bonds. The fraction of sp³-hybridized carbons (Fsp3) is 0.250. The van der Waals surface area contributed by atoms with Crippen molar-refractivity contribution in [3.8, 4) is 11.5 Å². The molecule has 2 aromatic carbocycles. The normalized spacial score (nSPS) is 14.8.